The van der Waals surface area contributed by atoms with Crippen LogP contribution in [0.25, 0.3) is 23.0 Å². The number of aryl methyl sites for hydroxylation is 2. The second kappa shape index (κ2) is 4.85. The lowest BCUT2D eigenvalue weighted by molar-refractivity contribution is 0.916. The fourth-order valence-electron chi connectivity index (χ4n) is 1.98. The van der Waals surface area contributed by atoms with Crippen LogP contribution in [-0.4, -0.2) is 24.7 Å². The first-order chi connectivity index (χ1) is 9.65. The van der Waals surface area contributed by atoms with Gasteiger partial charge < -0.3 is 4.57 Å². The van der Waals surface area contributed by atoms with Gasteiger partial charge in [0.1, 0.15) is 11.4 Å². The molecule has 0 aromatic carbocycles. The van der Waals surface area contributed by atoms with Gasteiger partial charge in [-0.05, 0) is 37.1 Å². The maximum Gasteiger partial charge on any atom is 0.182 e. The summed E-state index contributed by atoms with van der Waals surface area (Å²) in [5.74, 6) is 1.48. The third kappa shape index (κ3) is 2.18. The van der Waals surface area contributed by atoms with Gasteiger partial charge in [-0.2, -0.15) is 0 Å². The topological polar surface area (TPSA) is 56.5 Å². The number of rotatable bonds is 2. The second-order valence-electron chi connectivity index (χ2n) is 4.85. The van der Waals surface area contributed by atoms with E-state index in [0.29, 0.717) is 0 Å². The van der Waals surface area contributed by atoms with E-state index in [9.17, 15) is 0 Å². The fourth-order valence-corrected chi connectivity index (χ4v) is 1.98. The van der Waals surface area contributed by atoms with E-state index in [1.807, 2.05) is 62.1 Å². The Bertz CT molecular complexity index is 663. The quantitative estimate of drug-likeness (QED) is 0.714. The second-order valence-corrected chi connectivity index (χ2v) is 4.85. The van der Waals surface area contributed by atoms with E-state index in [1.54, 1.807) is 0 Å². The van der Waals surface area contributed by atoms with Crippen molar-refractivity contribution >= 4 is 0 Å². The first kappa shape index (κ1) is 12.5. The molecule has 0 spiro atoms. The van der Waals surface area contributed by atoms with Gasteiger partial charge in [0.2, 0.25) is 0 Å². The van der Waals surface area contributed by atoms with Crippen LogP contribution in [0.2, 0.25) is 0 Å². The molecule has 100 valence electrons. The normalized spacial score (nSPS) is 10.8. The molecule has 3 aromatic rings. The van der Waals surface area contributed by atoms with E-state index in [2.05, 4.69) is 20.2 Å². The Labute approximate surface area is 117 Å². The highest BCUT2D eigenvalue weighted by atomic mass is 15.3. The van der Waals surface area contributed by atoms with Crippen molar-refractivity contribution in [1.29, 1.82) is 0 Å². The predicted molar refractivity (Wildman–Crippen MR) is 76.9 cm³/mol. The molecule has 5 heteroatoms. The monoisotopic (exact) mass is 265 g/mol. The van der Waals surface area contributed by atoms with Crippen LogP contribution in [0.5, 0.6) is 0 Å². The lowest BCUT2D eigenvalue weighted by atomic mass is 10.2. The van der Waals surface area contributed by atoms with Crippen molar-refractivity contribution < 1.29 is 0 Å². The van der Waals surface area contributed by atoms with Gasteiger partial charge >= 0.3 is 0 Å². The molecule has 20 heavy (non-hydrogen) atoms. The zero-order valence-corrected chi connectivity index (χ0v) is 11.7. The van der Waals surface area contributed by atoms with E-state index in [0.717, 1.165) is 34.2 Å². The summed E-state index contributed by atoms with van der Waals surface area (Å²) in [6.45, 7) is 4.02. The van der Waals surface area contributed by atoms with Crippen LogP contribution in [0.3, 0.4) is 0 Å². The zero-order chi connectivity index (χ0) is 14.1. The molecule has 3 aromatic heterocycles. The molecular weight excluding hydrogens is 250 g/mol. The minimum atomic E-state index is 0.738. The van der Waals surface area contributed by atoms with Gasteiger partial charge in [-0.1, -0.05) is 12.1 Å². The molecule has 0 saturated carbocycles. The average molecular weight is 265 g/mol. The van der Waals surface area contributed by atoms with Gasteiger partial charge in [0, 0.05) is 19.4 Å². The molecule has 3 heterocycles. The average Bonchev–Trinajstić information content (AvgIpc) is 2.83. The summed E-state index contributed by atoms with van der Waals surface area (Å²) in [5.41, 5.74) is 3.86. The molecule has 5 nitrogen and oxygen atoms in total. The Kier molecular flexibility index (Phi) is 3.02. The SMILES string of the molecule is Cc1ccc(-c2nnc(-c3ccc(C)cn3)n2C)nc1. The minimum absolute atomic E-state index is 0.738. The van der Waals surface area contributed by atoms with Crippen LogP contribution in [0.15, 0.2) is 36.7 Å². The molecule has 0 N–H and O–H groups in total. The lowest BCUT2D eigenvalue weighted by Crippen LogP contribution is -1.98. The highest BCUT2D eigenvalue weighted by Crippen LogP contribution is 2.20. The Morgan fingerprint density at radius 3 is 1.55 bits per heavy atom. The maximum absolute atomic E-state index is 4.39. The molecule has 0 saturated heterocycles. The molecule has 0 radical (unpaired) electrons. The van der Waals surface area contributed by atoms with Crippen LogP contribution in [0.4, 0.5) is 0 Å². The third-order valence-electron chi connectivity index (χ3n) is 3.16. The van der Waals surface area contributed by atoms with E-state index in [-0.39, 0.29) is 0 Å². The van der Waals surface area contributed by atoms with Crippen molar-refractivity contribution in [3.05, 3.63) is 47.8 Å². The van der Waals surface area contributed by atoms with Gasteiger partial charge in [-0.3, -0.25) is 9.97 Å². The van der Waals surface area contributed by atoms with Crippen LogP contribution < -0.4 is 0 Å². The molecule has 0 unspecified atom stereocenters. The number of hydrogen-bond acceptors (Lipinski definition) is 4. The van der Waals surface area contributed by atoms with Gasteiger partial charge in [-0.25, -0.2) is 0 Å². The van der Waals surface area contributed by atoms with Gasteiger partial charge in [0.25, 0.3) is 0 Å². The summed E-state index contributed by atoms with van der Waals surface area (Å²) in [7, 11) is 1.92. The molecule has 0 amide bonds. The van der Waals surface area contributed by atoms with Crippen LogP contribution in [0, 0.1) is 13.8 Å². The Morgan fingerprint density at radius 2 is 1.20 bits per heavy atom. The minimum Gasteiger partial charge on any atom is -0.308 e. The first-order valence-electron chi connectivity index (χ1n) is 6.40. The molecule has 3 rings (SSSR count). The van der Waals surface area contributed by atoms with Gasteiger partial charge in [0.05, 0.1) is 0 Å². The van der Waals surface area contributed by atoms with Gasteiger partial charge in [-0.15, -0.1) is 10.2 Å². The van der Waals surface area contributed by atoms with Crippen molar-refractivity contribution in [2.45, 2.75) is 13.8 Å². The van der Waals surface area contributed by atoms with Crippen LogP contribution in [-0.2, 0) is 7.05 Å². The molecule has 0 fully saturated rings. The van der Waals surface area contributed by atoms with E-state index in [4.69, 9.17) is 0 Å². The smallest absolute Gasteiger partial charge is 0.182 e. The number of nitrogens with zero attached hydrogens (tertiary/aromatic N) is 5. The molecular formula is C15H15N5. The first-order valence-corrected chi connectivity index (χ1v) is 6.40. The summed E-state index contributed by atoms with van der Waals surface area (Å²) in [4.78, 5) is 8.77. The Morgan fingerprint density at radius 1 is 0.750 bits per heavy atom. The predicted octanol–water partition coefficient (Wildman–Crippen LogP) is 2.56. The Hall–Kier alpha value is -2.56. The lowest BCUT2D eigenvalue weighted by Gasteiger charge is -2.03. The molecule has 0 atom stereocenters. The Balaban J connectivity index is 2.04. The largest absolute Gasteiger partial charge is 0.308 e. The summed E-state index contributed by atoms with van der Waals surface area (Å²) >= 11 is 0. The summed E-state index contributed by atoms with van der Waals surface area (Å²) in [5, 5.41) is 8.45. The van der Waals surface area contributed by atoms with E-state index in [1.165, 1.54) is 0 Å². The van der Waals surface area contributed by atoms with E-state index < -0.39 is 0 Å². The highest BCUT2D eigenvalue weighted by Gasteiger charge is 2.13. The van der Waals surface area contributed by atoms with Crippen molar-refractivity contribution in [1.82, 2.24) is 24.7 Å². The fraction of sp³-hybridized carbons (Fsp3) is 0.200. The van der Waals surface area contributed by atoms with Gasteiger partial charge in [0.15, 0.2) is 11.6 Å². The molecule has 0 aliphatic heterocycles. The van der Waals surface area contributed by atoms with Crippen LogP contribution >= 0.6 is 0 Å². The van der Waals surface area contributed by atoms with Crippen molar-refractivity contribution in [2.24, 2.45) is 7.05 Å². The van der Waals surface area contributed by atoms with Crippen LogP contribution in [0.1, 0.15) is 11.1 Å². The molecule has 0 bridgehead atoms. The van der Waals surface area contributed by atoms with E-state index >= 15 is 0 Å². The standard InChI is InChI=1S/C15H15N5/c1-10-4-6-12(16-8-10)14-18-19-15(20(14)3)13-7-5-11(2)9-17-13/h4-9H,1-3H3. The highest BCUT2D eigenvalue weighted by molar-refractivity contribution is 5.57. The van der Waals surface area contributed by atoms with Crippen molar-refractivity contribution in [3.8, 4) is 23.0 Å². The summed E-state index contributed by atoms with van der Waals surface area (Å²) < 4.78 is 1.91. The number of pyridine rings is 2. The summed E-state index contributed by atoms with van der Waals surface area (Å²) in [6, 6.07) is 7.93. The molecule has 0 aliphatic rings. The molecule has 0 aliphatic carbocycles. The third-order valence-corrected chi connectivity index (χ3v) is 3.16. The zero-order valence-electron chi connectivity index (χ0n) is 11.7. The van der Waals surface area contributed by atoms with Crippen molar-refractivity contribution in [2.75, 3.05) is 0 Å². The number of aromatic nitrogens is 5. The number of hydrogen-bond donors (Lipinski definition) is 0. The van der Waals surface area contributed by atoms with Crippen molar-refractivity contribution in [3.63, 3.8) is 0 Å². The maximum atomic E-state index is 4.39. The summed E-state index contributed by atoms with van der Waals surface area (Å²) in [6.07, 6.45) is 3.65.